The molecule has 0 spiro atoms. The fourth-order valence-corrected chi connectivity index (χ4v) is 2.67. The minimum absolute atomic E-state index is 0.0604. The van der Waals surface area contributed by atoms with Gasteiger partial charge in [0.2, 0.25) is 11.7 Å². The third kappa shape index (κ3) is 3.75. The third-order valence-electron chi connectivity index (χ3n) is 4.30. The Balaban J connectivity index is 1.63. The van der Waals surface area contributed by atoms with E-state index in [2.05, 4.69) is 10.3 Å². The smallest absolute Gasteiger partial charge is 0.321 e. The average Bonchev–Trinajstić information content (AvgIpc) is 2.87. The van der Waals surface area contributed by atoms with Crippen LogP contribution in [0.1, 0.15) is 13.8 Å². The molecular formula is C18H19F2N3O3. The summed E-state index contributed by atoms with van der Waals surface area (Å²) in [5, 5.41) is 12.6. The van der Waals surface area contributed by atoms with E-state index >= 15 is 0 Å². The van der Waals surface area contributed by atoms with Crippen LogP contribution in [-0.4, -0.2) is 40.2 Å². The van der Waals surface area contributed by atoms with Gasteiger partial charge in [-0.15, -0.1) is 0 Å². The molecule has 0 radical (unpaired) electrons. The molecule has 26 heavy (non-hydrogen) atoms. The number of halogens is 2. The first-order valence-corrected chi connectivity index (χ1v) is 8.08. The number of benzene rings is 1. The summed E-state index contributed by atoms with van der Waals surface area (Å²) < 4.78 is 32.0. The number of nitrogens with one attached hydrogen (secondary N) is 1. The number of aliphatic hydroxyl groups is 1. The highest BCUT2D eigenvalue weighted by molar-refractivity contribution is 5.89. The Morgan fingerprint density at radius 2 is 2.12 bits per heavy atom. The van der Waals surface area contributed by atoms with Gasteiger partial charge < -0.3 is 20.1 Å². The van der Waals surface area contributed by atoms with Crippen molar-refractivity contribution >= 4 is 11.7 Å². The van der Waals surface area contributed by atoms with Crippen LogP contribution in [0.3, 0.4) is 0 Å². The Labute approximate surface area is 149 Å². The van der Waals surface area contributed by atoms with Gasteiger partial charge in [0, 0.05) is 24.6 Å². The third-order valence-corrected chi connectivity index (χ3v) is 4.30. The number of ether oxygens (including phenoxy) is 1. The zero-order chi connectivity index (χ0) is 18.9. The first-order chi connectivity index (χ1) is 12.3. The van der Waals surface area contributed by atoms with Crippen molar-refractivity contribution in [2.75, 3.05) is 18.4 Å². The van der Waals surface area contributed by atoms with Gasteiger partial charge in [0.15, 0.2) is 11.6 Å². The fourth-order valence-electron chi connectivity index (χ4n) is 2.67. The highest BCUT2D eigenvalue weighted by Gasteiger charge is 2.40. The van der Waals surface area contributed by atoms with Gasteiger partial charge in [-0.3, -0.25) is 0 Å². The Morgan fingerprint density at radius 1 is 1.35 bits per heavy atom. The van der Waals surface area contributed by atoms with E-state index in [4.69, 9.17) is 4.74 Å². The minimum atomic E-state index is -1.10. The van der Waals surface area contributed by atoms with Crippen molar-refractivity contribution in [1.82, 2.24) is 9.88 Å². The molecule has 3 rings (SSSR count). The van der Waals surface area contributed by atoms with E-state index in [1.165, 1.54) is 35.4 Å². The molecule has 6 nitrogen and oxygen atoms in total. The van der Waals surface area contributed by atoms with E-state index in [0.717, 1.165) is 6.07 Å². The van der Waals surface area contributed by atoms with E-state index in [1.54, 1.807) is 0 Å². The molecule has 0 saturated carbocycles. The summed E-state index contributed by atoms with van der Waals surface area (Å²) in [4.78, 5) is 17.8. The van der Waals surface area contributed by atoms with Crippen molar-refractivity contribution in [3.8, 4) is 11.6 Å². The summed E-state index contributed by atoms with van der Waals surface area (Å²) in [7, 11) is 0. The van der Waals surface area contributed by atoms with Crippen LogP contribution in [0.5, 0.6) is 11.6 Å². The summed E-state index contributed by atoms with van der Waals surface area (Å²) >= 11 is 0. The lowest BCUT2D eigenvalue weighted by atomic mass is 9.90. The van der Waals surface area contributed by atoms with Crippen LogP contribution >= 0.6 is 0 Å². The highest BCUT2D eigenvalue weighted by atomic mass is 19.2. The van der Waals surface area contributed by atoms with Crippen molar-refractivity contribution < 1.29 is 23.4 Å². The van der Waals surface area contributed by atoms with Gasteiger partial charge in [-0.05, 0) is 18.2 Å². The number of nitrogens with zero attached hydrogens (tertiary/aromatic N) is 2. The molecule has 1 fully saturated rings. The number of amides is 2. The lowest BCUT2D eigenvalue weighted by Crippen LogP contribution is -2.34. The van der Waals surface area contributed by atoms with Crippen LogP contribution in [-0.2, 0) is 0 Å². The normalized spacial score (nSPS) is 18.7. The van der Waals surface area contributed by atoms with Crippen LogP contribution in [0.15, 0.2) is 36.5 Å². The lowest BCUT2D eigenvalue weighted by molar-refractivity contribution is 0.0957. The van der Waals surface area contributed by atoms with E-state index in [0.29, 0.717) is 12.2 Å². The van der Waals surface area contributed by atoms with Crippen LogP contribution < -0.4 is 10.1 Å². The predicted molar refractivity (Wildman–Crippen MR) is 91.0 cm³/mol. The van der Waals surface area contributed by atoms with Crippen molar-refractivity contribution in [3.05, 3.63) is 48.2 Å². The van der Waals surface area contributed by atoms with Gasteiger partial charge in [0.05, 0.1) is 18.0 Å². The molecule has 2 aromatic rings. The molecule has 138 valence electrons. The highest BCUT2D eigenvalue weighted by Crippen LogP contribution is 2.30. The Morgan fingerprint density at radius 3 is 2.73 bits per heavy atom. The molecule has 1 saturated heterocycles. The Hall–Kier alpha value is -2.74. The summed E-state index contributed by atoms with van der Waals surface area (Å²) in [6.07, 6.45) is 0.769. The number of aliphatic hydroxyl groups excluding tert-OH is 1. The number of β-amino-alcohol motifs (C(OH)–C–C–N with tert-alkyl or cyclic N) is 1. The fraction of sp³-hybridized carbons (Fsp3) is 0.333. The molecule has 1 aromatic heterocycles. The molecule has 0 bridgehead atoms. The molecule has 1 atom stereocenters. The van der Waals surface area contributed by atoms with E-state index in [9.17, 15) is 18.7 Å². The number of aromatic nitrogens is 1. The molecular weight excluding hydrogens is 344 g/mol. The minimum Gasteiger partial charge on any atom is -0.436 e. The van der Waals surface area contributed by atoms with Crippen LogP contribution in [0, 0.1) is 17.0 Å². The van der Waals surface area contributed by atoms with Crippen molar-refractivity contribution in [1.29, 1.82) is 0 Å². The monoisotopic (exact) mass is 363 g/mol. The second kappa shape index (κ2) is 6.87. The lowest BCUT2D eigenvalue weighted by Gasteiger charge is -2.21. The number of pyridine rings is 1. The average molecular weight is 363 g/mol. The topological polar surface area (TPSA) is 74.7 Å². The first kappa shape index (κ1) is 18.1. The zero-order valence-corrected chi connectivity index (χ0v) is 14.4. The second-order valence-electron chi connectivity index (χ2n) is 6.85. The SMILES string of the molecule is CC1(C)CN(C(=O)Nc2ccc(Oc3cccc(F)c3F)nc2)C[C@@H]1O. The number of anilines is 1. The summed E-state index contributed by atoms with van der Waals surface area (Å²) in [5.41, 5.74) is 0.0590. The molecule has 2 amide bonds. The molecule has 1 aliphatic rings. The molecule has 1 aliphatic heterocycles. The van der Waals surface area contributed by atoms with Gasteiger partial charge in [-0.1, -0.05) is 19.9 Å². The predicted octanol–water partition coefficient (Wildman–Crippen LogP) is 3.39. The van der Waals surface area contributed by atoms with Crippen LogP contribution in [0.2, 0.25) is 0 Å². The van der Waals surface area contributed by atoms with Crippen molar-refractivity contribution in [2.24, 2.45) is 5.41 Å². The number of hydrogen-bond acceptors (Lipinski definition) is 4. The Bertz CT molecular complexity index is 812. The molecule has 1 aromatic carbocycles. The van der Waals surface area contributed by atoms with E-state index in [-0.39, 0.29) is 29.6 Å². The van der Waals surface area contributed by atoms with Gasteiger partial charge in [-0.25, -0.2) is 14.2 Å². The number of urea groups is 1. The van der Waals surface area contributed by atoms with Gasteiger partial charge in [0.25, 0.3) is 0 Å². The van der Waals surface area contributed by atoms with Crippen LogP contribution in [0.4, 0.5) is 19.3 Å². The van der Waals surface area contributed by atoms with Crippen LogP contribution in [0.25, 0.3) is 0 Å². The Kier molecular flexibility index (Phi) is 4.78. The molecule has 2 N–H and O–H groups in total. The molecule has 0 unspecified atom stereocenters. The number of likely N-dealkylation sites (tertiary alicyclic amines) is 1. The quantitative estimate of drug-likeness (QED) is 0.877. The molecule has 0 aliphatic carbocycles. The number of carbonyl (C=O) groups is 1. The molecule has 8 heteroatoms. The van der Waals surface area contributed by atoms with E-state index in [1.807, 2.05) is 13.8 Å². The van der Waals surface area contributed by atoms with Crippen molar-refractivity contribution in [3.63, 3.8) is 0 Å². The maximum Gasteiger partial charge on any atom is 0.321 e. The van der Waals surface area contributed by atoms with Gasteiger partial charge >= 0.3 is 6.03 Å². The standard InChI is InChI=1S/C18H19F2N3O3/c1-18(2)10-23(9-14(18)24)17(25)22-11-6-7-15(21-8-11)26-13-5-3-4-12(19)16(13)20/h3-8,14,24H,9-10H2,1-2H3,(H,22,25)/t14-/m0/s1. The summed E-state index contributed by atoms with van der Waals surface area (Å²) in [6, 6.07) is 6.23. The summed E-state index contributed by atoms with van der Waals surface area (Å²) in [6.45, 7) is 4.48. The van der Waals surface area contributed by atoms with Gasteiger partial charge in [-0.2, -0.15) is 4.39 Å². The maximum absolute atomic E-state index is 13.6. The zero-order valence-electron chi connectivity index (χ0n) is 14.4. The molecule has 2 heterocycles. The number of hydrogen-bond donors (Lipinski definition) is 2. The van der Waals surface area contributed by atoms with Gasteiger partial charge in [0.1, 0.15) is 0 Å². The number of rotatable bonds is 3. The van der Waals surface area contributed by atoms with Crippen molar-refractivity contribution in [2.45, 2.75) is 20.0 Å². The van der Waals surface area contributed by atoms with E-state index < -0.39 is 17.7 Å². The second-order valence-corrected chi connectivity index (χ2v) is 6.85. The number of carbonyl (C=O) groups excluding carboxylic acids is 1. The summed E-state index contributed by atoms with van der Waals surface area (Å²) in [5.74, 6) is -2.32. The largest absolute Gasteiger partial charge is 0.436 e. The maximum atomic E-state index is 13.6. The first-order valence-electron chi connectivity index (χ1n) is 8.08.